The zero-order chi connectivity index (χ0) is 11.6. The van der Waals surface area contributed by atoms with Gasteiger partial charge in [0.2, 0.25) is 5.91 Å². The average Bonchev–Trinajstić information content (AvgIpc) is 2.33. The summed E-state index contributed by atoms with van der Waals surface area (Å²) in [5.74, 6) is 0.158. The van der Waals surface area contributed by atoms with Crippen LogP contribution in [0.25, 0.3) is 0 Å². The van der Waals surface area contributed by atoms with Gasteiger partial charge in [0.15, 0.2) is 0 Å². The lowest BCUT2D eigenvalue weighted by molar-refractivity contribution is -0.122. The molecule has 1 aliphatic rings. The minimum absolute atomic E-state index is 0.147. The SMILES string of the molecule is CCCCCCC(=O)NCC1CNCCO1. The van der Waals surface area contributed by atoms with Gasteiger partial charge in [0, 0.05) is 26.1 Å². The highest BCUT2D eigenvalue weighted by atomic mass is 16.5. The van der Waals surface area contributed by atoms with Gasteiger partial charge in [0.1, 0.15) is 0 Å². The van der Waals surface area contributed by atoms with Crippen molar-refractivity contribution >= 4 is 5.91 Å². The van der Waals surface area contributed by atoms with E-state index in [1.165, 1.54) is 12.8 Å². The number of ether oxygens (including phenoxy) is 1. The molecule has 1 heterocycles. The maximum absolute atomic E-state index is 11.5. The molecule has 1 unspecified atom stereocenters. The van der Waals surface area contributed by atoms with Gasteiger partial charge in [-0.15, -0.1) is 0 Å². The monoisotopic (exact) mass is 228 g/mol. The smallest absolute Gasteiger partial charge is 0.220 e. The second-order valence-electron chi connectivity index (χ2n) is 4.31. The number of amides is 1. The Morgan fingerprint density at radius 1 is 1.44 bits per heavy atom. The Hall–Kier alpha value is -0.610. The number of unbranched alkanes of at least 4 members (excludes halogenated alkanes) is 3. The van der Waals surface area contributed by atoms with Crippen LogP contribution in [0.4, 0.5) is 0 Å². The summed E-state index contributed by atoms with van der Waals surface area (Å²) in [4.78, 5) is 11.5. The summed E-state index contributed by atoms with van der Waals surface area (Å²) < 4.78 is 5.49. The Bertz CT molecular complexity index is 191. The van der Waals surface area contributed by atoms with Crippen LogP contribution in [0.2, 0.25) is 0 Å². The quantitative estimate of drug-likeness (QED) is 0.641. The molecule has 1 aliphatic heterocycles. The molecule has 1 atom stereocenters. The fourth-order valence-corrected chi connectivity index (χ4v) is 1.78. The fraction of sp³-hybridized carbons (Fsp3) is 0.917. The molecule has 16 heavy (non-hydrogen) atoms. The second-order valence-corrected chi connectivity index (χ2v) is 4.31. The van der Waals surface area contributed by atoms with Gasteiger partial charge in [-0.1, -0.05) is 26.2 Å². The third kappa shape index (κ3) is 6.08. The van der Waals surface area contributed by atoms with Crippen molar-refractivity contribution in [1.29, 1.82) is 0 Å². The lowest BCUT2D eigenvalue weighted by Gasteiger charge is -2.23. The second kappa shape index (κ2) is 8.53. The molecule has 2 N–H and O–H groups in total. The van der Waals surface area contributed by atoms with Gasteiger partial charge in [-0.3, -0.25) is 4.79 Å². The first-order valence-electron chi connectivity index (χ1n) is 6.42. The van der Waals surface area contributed by atoms with E-state index in [2.05, 4.69) is 17.6 Å². The van der Waals surface area contributed by atoms with Gasteiger partial charge >= 0.3 is 0 Å². The zero-order valence-electron chi connectivity index (χ0n) is 10.3. The van der Waals surface area contributed by atoms with E-state index in [0.717, 1.165) is 32.5 Å². The van der Waals surface area contributed by atoms with E-state index in [1.54, 1.807) is 0 Å². The molecule has 0 aromatic heterocycles. The number of hydrogen-bond acceptors (Lipinski definition) is 3. The third-order valence-corrected chi connectivity index (χ3v) is 2.79. The predicted octanol–water partition coefficient (Wildman–Crippen LogP) is 1.06. The van der Waals surface area contributed by atoms with E-state index in [4.69, 9.17) is 4.74 Å². The third-order valence-electron chi connectivity index (χ3n) is 2.79. The molecular weight excluding hydrogens is 204 g/mol. The molecule has 1 saturated heterocycles. The fourth-order valence-electron chi connectivity index (χ4n) is 1.78. The van der Waals surface area contributed by atoms with Gasteiger partial charge in [-0.05, 0) is 6.42 Å². The number of carbonyl (C=O) groups is 1. The minimum Gasteiger partial charge on any atom is -0.374 e. The molecule has 0 radical (unpaired) electrons. The highest BCUT2D eigenvalue weighted by molar-refractivity contribution is 5.75. The van der Waals surface area contributed by atoms with Crippen LogP contribution in [-0.2, 0) is 9.53 Å². The normalized spacial score (nSPS) is 20.7. The lowest BCUT2D eigenvalue weighted by atomic mass is 10.1. The van der Waals surface area contributed by atoms with Crippen LogP contribution in [0.1, 0.15) is 39.0 Å². The van der Waals surface area contributed by atoms with Gasteiger partial charge < -0.3 is 15.4 Å². The number of hydrogen-bond donors (Lipinski definition) is 2. The summed E-state index contributed by atoms with van der Waals surface area (Å²) in [6.07, 6.45) is 5.40. The maximum Gasteiger partial charge on any atom is 0.220 e. The van der Waals surface area contributed by atoms with Crippen molar-refractivity contribution < 1.29 is 9.53 Å². The van der Waals surface area contributed by atoms with Gasteiger partial charge in [0.25, 0.3) is 0 Å². The lowest BCUT2D eigenvalue weighted by Crippen LogP contribution is -2.45. The first kappa shape index (κ1) is 13.5. The van der Waals surface area contributed by atoms with Crippen LogP contribution in [0.15, 0.2) is 0 Å². The highest BCUT2D eigenvalue weighted by Gasteiger charge is 2.13. The Kier molecular flexibility index (Phi) is 7.17. The summed E-state index contributed by atoms with van der Waals surface area (Å²) in [7, 11) is 0. The molecule has 94 valence electrons. The van der Waals surface area contributed by atoms with E-state index in [0.29, 0.717) is 13.0 Å². The largest absolute Gasteiger partial charge is 0.374 e. The Labute approximate surface area is 98.1 Å². The number of carbonyl (C=O) groups excluding carboxylic acids is 1. The summed E-state index contributed by atoms with van der Waals surface area (Å²) in [6.45, 7) is 5.32. The van der Waals surface area contributed by atoms with Crippen LogP contribution in [0.3, 0.4) is 0 Å². The molecule has 4 nitrogen and oxygen atoms in total. The molecule has 1 rings (SSSR count). The highest BCUT2D eigenvalue weighted by Crippen LogP contribution is 2.02. The summed E-state index contributed by atoms with van der Waals surface area (Å²) in [6, 6.07) is 0. The standard InChI is InChI=1S/C12H24N2O2/c1-2-3-4-5-6-12(15)14-10-11-9-13-7-8-16-11/h11,13H,2-10H2,1H3,(H,14,15). The number of rotatable bonds is 7. The van der Waals surface area contributed by atoms with Crippen molar-refractivity contribution in [2.45, 2.75) is 45.1 Å². The molecule has 0 bridgehead atoms. The summed E-state index contributed by atoms with van der Waals surface area (Å²) >= 11 is 0. The van der Waals surface area contributed by atoms with Crippen LogP contribution in [-0.4, -0.2) is 38.3 Å². The van der Waals surface area contributed by atoms with Crippen LogP contribution in [0.5, 0.6) is 0 Å². The van der Waals surface area contributed by atoms with Crippen molar-refractivity contribution in [3.05, 3.63) is 0 Å². The average molecular weight is 228 g/mol. The van der Waals surface area contributed by atoms with E-state index in [9.17, 15) is 4.79 Å². The summed E-state index contributed by atoms with van der Waals surface area (Å²) in [5.41, 5.74) is 0. The summed E-state index contributed by atoms with van der Waals surface area (Å²) in [5, 5.41) is 6.17. The number of morpholine rings is 1. The maximum atomic E-state index is 11.5. The molecule has 0 aliphatic carbocycles. The van der Waals surface area contributed by atoms with E-state index in [-0.39, 0.29) is 12.0 Å². The Morgan fingerprint density at radius 3 is 3.00 bits per heavy atom. The van der Waals surface area contributed by atoms with Gasteiger partial charge in [-0.25, -0.2) is 0 Å². The Morgan fingerprint density at radius 2 is 2.31 bits per heavy atom. The zero-order valence-corrected chi connectivity index (χ0v) is 10.3. The van der Waals surface area contributed by atoms with Crippen molar-refractivity contribution in [2.75, 3.05) is 26.2 Å². The molecule has 0 saturated carbocycles. The van der Waals surface area contributed by atoms with Gasteiger partial charge in [0.05, 0.1) is 12.7 Å². The van der Waals surface area contributed by atoms with E-state index < -0.39 is 0 Å². The molecule has 1 fully saturated rings. The topological polar surface area (TPSA) is 50.4 Å². The van der Waals surface area contributed by atoms with Crippen LogP contribution >= 0.6 is 0 Å². The van der Waals surface area contributed by atoms with E-state index in [1.807, 2.05) is 0 Å². The molecule has 1 amide bonds. The molecule has 4 heteroatoms. The van der Waals surface area contributed by atoms with E-state index >= 15 is 0 Å². The molecule has 0 aromatic carbocycles. The minimum atomic E-state index is 0.147. The first-order chi connectivity index (χ1) is 7.83. The first-order valence-corrected chi connectivity index (χ1v) is 6.42. The molecule has 0 spiro atoms. The van der Waals surface area contributed by atoms with Crippen LogP contribution in [0, 0.1) is 0 Å². The predicted molar refractivity (Wildman–Crippen MR) is 64.4 cm³/mol. The number of nitrogens with one attached hydrogen (secondary N) is 2. The van der Waals surface area contributed by atoms with Crippen LogP contribution < -0.4 is 10.6 Å². The van der Waals surface area contributed by atoms with Crippen molar-refractivity contribution in [1.82, 2.24) is 10.6 Å². The van der Waals surface area contributed by atoms with Crippen molar-refractivity contribution in [3.63, 3.8) is 0 Å². The Balaban J connectivity index is 1.96. The van der Waals surface area contributed by atoms with Crippen molar-refractivity contribution in [3.8, 4) is 0 Å². The van der Waals surface area contributed by atoms with Crippen molar-refractivity contribution in [2.24, 2.45) is 0 Å². The molecular formula is C12H24N2O2. The molecule has 0 aromatic rings. The van der Waals surface area contributed by atoms with Gasteiger partial charge in [-0.2, -0.15) is 0 Å².